The van der Waals surface area contributed by atoms with E-state index in [1.165, 1.54) is 7.11 Å². The number of hydrogen-bond donors (Lipinski definition) is 0. The summed E-state index contributed by atoms with van der Waals surface area (Å²) in [7, 11) is 1.52. The van der Waals surface area contributed by atoms with Crippen LogP contribution in [0.3, 0.4) is 0 Å². The number of anilines is 1. The highest BCUT2D eigenvalue weighted by molar-refractivity contribution is 5.96. The minimum Gasteiger partial charge on any atom is -0.480 e. The van der Waals surface area contributed by atoms with E-state index < -0.39 is 0 Å². The Bertz CT molecular complexity index is 1040. The normalized spacial score (nSPS) is 16.6. The number of carbonyl (C=O) groups excluding carboxylic acids is 1. The molecule has 3 aromatic heterocycles. The lowest BCUT2D eigenvalue weighted by atomic mass is 10.2. The molecular formula is C21H22N6O3. The molecule has 0 unspecified atom stereocenters. The summed E-state index contributed by atoms with van der Waals surface area (Å²) >= 11 is 0. The molecule has 1 amide bonds. The van der Waals surface area contributed by atoms with Crippen LogP contribution in [0.1, 0.15) is 35.0 Å². The van der Waals surface area contributed by atoms with E-state index >= 15 is 0 Å². The molecule has 0 N–H and O–H groups in total. The Hall–Kier alpha value is -3.49. The standard InChI is InChI=1S/C21H22N6O3/c1-29-20-16(3-2-8-22-20)21(28)27-11-9-26(10-12-27)17-7-6-15(13-23-17)18-24-19(30-25-18)14-4-5-14/h2-3,6-8,13-14H,4-5,9-12H2,1H3. The molecule has 0 atom stereocenters. The Morgan fingerprint density at radius 3 is 2.67 bits per heavy atom. The highest BCUT2D eigenvalue weighted by Crippen LogP contribution is 2.39. The van der Waals surface area contributed by atoms with Crippen LogP contribution in [0.25, 0.3) is 11.4 Å². The fourth-order valence-corrected chi connectivity index (χ4v) is 3.58. The average Bonchev–Trinajstić information content (AvgIpc) is 3.55. The van der Waals surface area contributed by atoms with Crippen LogP contribution in [0.4, 0.5) is 5.82 Å². The van der Waals surface area contributed by atoms with Crippen LogP contribution in [0, 0.1) is 0 Å². The smallest absolute Gasteiger partial charge is 0.259 e. The van der Waals surface area contributed by atoms with Crippen LogP contribution in [0.15, 0.2) is 41.2 Å². The third-order valence-corrected chi connectivity index (χ3v) is 5.46. The molecule has 9 heteroatoms. The number of pyridine rings is 2. The molecule has 9 nitrogen and oxygen atoms in total. The maximum absolute atomic E-state index is 12.8. The van der Waals surface area contributed by atoms with Crippen molar-refractivity contribution in [2.45, 2.75) is 18.8 Å². The second-order valence-electron chi connectivity index (χ2n) is 7.48. The van der Waals surface area contributed by atoms with Crippen molar-refractivity contribution in [2.24, 2.45) is 0 Å². The van der Waals surface area contributed by atoms with E-state index in [9.17, 15) is 4.79 Å². The van der Waals surface area contributed by atoms with Gasteiger partial charge in [0.05, 0.1) is 7.11 Å². The lowest BCUT2D eigenvalue weighted by Crippen LogP contribution is -2.49. The molecule has 0 radical (unpaired) electrons. The first kappa shape index (κ1) is 18.5. The lowest BCUT2D eigenvalue weighted by molar-refractivity contribution is 0.0742. The number of aromatic nitrogens is 4. The third kappa shape index (κ3) is 3.58. The predicted octanol–water partition coefficient (Wildman–Crippen LogP) is 2.38. The van der Waals surface area contributed by atoms with Gasteiger partial charge in [0.2, 0.25) is 17.6 Å². The van der Waals surface area contributed by atoms with Gasteiger partial charge in [-0.1, -0.05) is 5.16 Å². The second-order valence-corrected chi connectivity index (χ2v) is 7.48. The second kappa shape index (κ2) is 7.74. The van der Waals surface area contributed by atoms with E-state index in [1.807, 2.05) is 17.0 Å². The van der Waals surface area contributed by atoms with Crippen LogP contribution in [-0.2, 0) is 0 Å². The van der Waals surface area contributed by atoms with Gasteiger partial charge in [-0.25, -0.2) is 9.97 Å². The molecule has 0 bridgehead atoms. The van der Waals surface area contributed by atoms with Crippen LogP contribution >= 0.6 is 0 Å². The Balaban J connectivity index is 1.22. The zero-order valence-corrected chi connectivity index (χ0v) is 16.7. The van der Waals surface area contributed by atoms with Gasteiger partial charge in [-0.05, 0) is 37.1 Å². The molecule has 4 heterocycles. The lowest BCUT2D eigenvalue weighted by Gasteiger charge is -2.35. The van der Waals surface area contributed by atoms with E-state index in [4.69, 9.17) is 9.26 Å². The number of carbonyl (C=O) groups is 1. The summed E-state index contributed by atoms with van der Waals surface area (Å²) in [6.45, 7) is 2.62. The van der Waals surface area contributed by atoms with Crippen molar-refractivity contribution in [3.05, 3.63) is 48.1 Å². The topological polar surface area (TPSA) is 97.5 Å². The van der Waals surface area contributed by atoms with Crippen molar-refractivity contribution in [1.82, 2.24) is 25.0 Å². The highest BCUT2D eigenvalue weighted by Gasteiger charge is 2.30. The van der Waals surface area contributed by atoms with Gasteiger partial charge < -0.3 is 19.1 Å². The minimum absolute atomic E-state index is 0.0634. The van der Waals surface area contributed by atoms with Crippen molar-refractivity contribution in [1.29, 1.82) is 0 Å². The molecule has 5 rings (SSSR count). The fourth-order valence-electron chi connectivity index (χ4n) is 3.58. The van der Waals surface area contributed by atoms with Gasteiger partial charge in [0.1, 0.15) is 11.4 Å². The maximum Gasteiger partial charge on any atom is 0.259 e. The monoisotopic (exact) mass is 406 g/mol. The summed E-state index contributed by atoms with van der Waals surface area (Å²) in [6, 6.07) is 7.41. The molecule has 30 heavy (non-hydrogen) atoms. The molecule has 154 valence electrons. The van der Waals surface area contributed by atoms with Gasteiger partial charge in [-0.3, -0.25) is 4.79 Å². The third-order valence-electron chi connectivity index (χ3n) is 5.46. The van der Waals surface area contributed by atoms with Crippen molar-refractivity contribution >= 4 is 11.7 Å². The number of nitrogens with zero attached hydrogens (tertiary/aromatic N) is 6. The van der Waals surface area contributed by atoms with Gasteiger partial charge in [0, 0.05) is 50.1 Å². The van der Waals surface area contributed by atoms with Gasteiger partial charge in [-0.2, -0.15) is 4.98 Å². The maximum atomic E-state index is 12.8. The van der Waals surface area contributed by atoms with Gasteiger partial charge >= 0.3 is 0 Å². The highest BCUT2D eigenvalue weighted by atomic mass is 16.5. The van der Waals surface area contributed by atoms with Gasteiger partial charge in [-0.15, -0.1) is 0 Å². The minimum atomic E-state index is -0.0634. The molecule has 0 spiro atoms. The van der Waals surface area contributed by atoms with Gasteiger partial charge in [0.25, 0.3) is 5.91 Å². The van der Waals surface area contributed by atoms with E-state index in [0.29, 0.717) is 49.4 Å². The first-order chi connectivity index (χ1) is 14.7. The number of hydrogen-bond acceptors (Lipinski definition) is 8. The zero-order chi connectivity index (χ0) is 20.5. The largest absolute Gasteiger partial charge is 0.480 e. The van der Waals surface area contributed by atoms with E-state index in [1.54, 1.807) is 24.5 Å². The molecule has 1 saturated heterocycles. The predicted molar refractivity (Wildman–Crippen MR) is 108 cm³/mol. The van der Waals surface area contributed by atoms with Crippen LogP contribution in [0.5, 0.6) is 5.88 Å². The van der Waals surface area contributed by atoms with Crippen molar-refractivity contribution in [2.75, 3.05) is 38.2 Å². The number of rotatable bonds is 5. The molecule has 2 aliphatic rings. The fraction of sp³-hybridized carbons (Fsp3) is 0.381. The first-order valence-electron chi connectivity index (χ1n) is 10.1. The molecule has 1 aliphatic heterocycles. The molecular weight excluding hydrogens is 384 g/mol. The summed E-state index contributed by atoms with van der Waals surface area (Å²) < 4.78 is 10.5. The summed E-state index contributed by atoms with van der Waals surface area (Å²) in [5, 5.41) is 4.06. The molecule has 2 fully saturated rings. The van der Waals surface area contributed by atoms with Crippen LogP contribution in [0.2, 0.25) is 0 Å². The summed E-state index contributed by atoms with van der Waals surface area (Å²) in [5.74, 6) is 2.90. The Morgan fingerprint density at radius 2 is 1.97 bits per heavy atom. The van der Waals surface area contributed by atoms with E-state index in [2.05, 4.69) is 25.0 Å². The van der Waals surface area contributed by atoms with Gasteiger partial charge in [0.15, 0.2) is 0 Å². The average molecular weight is 406 g/mol. The Morgan fingerprint density at radius 1 is 1.13 bits per heavy atom. The van der Waals surface area contributed by atoms with Crippen LogP contribution < -0.4 is 9.64 Å². The molecule has 1 aliphatic carbocycles. The number of amides is 1. The number of ether oxygens (including phenoxy) is 1. The number of piperazine rings is 1. The Kier molecular flexibility index (Phi) is 4.78. The molecule has 0 aromatic carbocycles. The van der Waals surface area contributed by atoms with Crippen LogP contribution in [-0.4, -0.2) is 64.2 Å². The Labute approximate surface area is 173 Å². The van der Waals surface area contributed by atoms with Crippen molar-refractivity contribution in [3.8, 4) is 17.3 Å². The summed E-state index contributed by atoms with van der Waals surface area (Å²) in [5.41, 5.74) is 1.33. The van der Waals surface area contributed by atoms with Crippen molar-refractivity contribution in [3.63, 3.8) is 0 Å². The summed E-state index contributed by atoms with van der Waals surface area (Å²) in [6.07, 6.45) is 5.64. The zero-order valence-electron chi connectivity index (χ0n) is 16.7. The molecule has 1 saturated carbocycles. The number of methoxy groups -OCH3 is 1. The summed E-state index contributed by atoms with van der Waals surface area (Å²) in [4.78, 5) is 30.0. The van der Waals surface area contributed by atoms with Crippen molar-refractivity contribution < 1.29 is 14.1 Å². The first-order valence-corrected chi connectivity index (χ1v) is 10.1. The molecule has 3 aromatic rings. The van der Waals surface area contributed by atoms with E-state index in [-0.39, 0.29) is 5.91 Å². The SMILES string of the molecule is COc1ncccc1C(=O)N1CCN(c2ccc(-c3noc(C4CC4)n3)cn2)CC1. The van der Waals surface area contributed by atoms with E-state index in [0.717, 1.165) is 30.1 Å². The quantitative estimate of drug-likeness (QED) is 0.637.